The van der Waals surface area contributed by atoms with Gasteiger partial charge in [0, 0.05) is 30.6 Å². The van der Waals surface area contributed by atoms with Crippen LogP contribution >= 0.6 is 0 Å². The first-order valence-electron chi connectivity index (χ1n) is 10.1. The van der Waals surface area contributed by atoms with Gasteiger partial charge in [-0.15, -0.1) is 0 Å². The average Bonchev–Trinajstić information content (AvgIpc) is 2.84. The predicted octanol–water partition coefficient (Wildman–Crippen LogP) is 0.00410. The number of rotatable bonds is 9. The lowest BCUT2D eigenvalue weighted by molar-refractivity contribution is -0.377. The van der Waals surface area contributed by atoms with E-state index < -0.39 is 24.8 Å². The number of ether oxygens (including phenoxy) is 2. The fraction of sp³-hybridized carbons (Fsp3) is 0.842. The maximum Gasteiger partial charge on any atom is 0.213 e. The van der Waals surface area contributed by atoms with Gasteiger partial charge >= 0.3 is 0 Å². The molecule has 188 valence electrons. The maximum atomic E-state index is 10.3. The van der Waals surface area contributed by atoms with Crippen LogP contribution in [0.4, 0.5) is 0 Å². The van der Waals surface area contributed by atoms with Crippen LogP contribution in [0.3, 0.4) is 0 Å². The van der Waals surface area contributed by atoms with Gasteiger partial charge in [0.15, 0.2) is 5.78 Å². The summed E-state index contributed by atoms with van der Waals surface area (Å²) < 4.78 is 9.38. The summed E-state index contributed by atoms with van der Waals surface area (Å²) in [5, 5.41) is 46.7. The molecule has 0 aromatic carbocycles. The molecule has 2 atom stereocenters. The van der Waals surface area contributed by atoms with Crippen molar-refractivity contribution in [3.63, 3.8) is 0 Å². The molecule has 1 fully saturated rings. The van der Waals surface area contributed by atoms with Crippen molar-refractivity contribution in [1.82, 2.24) is 0 Å². The third-order valence-corrected chi connectivity index (χ3v) is 3.69. The van der Waals surface area contributed by atoms with E-state index in [9.17, 15) is 24.6 Å². The SMILES string of the molecule is CCC(=O)CC.CCC(=O)CN=[N+]=[N-].CCC(=O)CO.OCC1(O)COC(O)(CO)CO1. The average molecular weight is 468 g/mol. The lowest BCUT2D eigenvalue weighted by Crippen LogP contribution is -2.56. The Morgan fingerprint density at radius 3 is 1.34 bits per heavy atom. The molecule has 1 saturated heterocycles. The molecule has 0 bridgehead atoms. The number of aliphatic hydroxyl groups is 5. The van der Waals surface area contributed by atoms with Crippen LogP contribution in [0.1, 0.15) is 53.4 Å². The molecule has 1 rings (SSSR count). The van der Waals surface area contributed by atoms with E-state index in [0.717, 1.165) is 0 Å². The number of nitrogens with zero attached hydrogens (tertiary/aromatic N) is 3. The largest absolute Gasteiger partial charge is 0.391 e. The van der Waals surface area contributed by atoms with Crippen molar-refractivity contribution in [3.8, 4) is 0 Å². The molecule has 2 unspecified atom stereocenters. The van der Waals surface area contributed by atoms with Crippen molar-refractivity contribution in [1.29, 1.82) is 0 Å². The van der Waals surface area contributed by atoms with Gasteiger partial charge in [0.25, 0.3) is 0 Å². The van der Waals surface area contributed by atoms with Crippen LogP contribution < -0.4 is 0 Å². The van der Waals surface area contributed by atoms with Gasteiger partial charge in [-0.05, 0) is 5.53 Å². The van der Waals surface area contributed by atoms with E-state index in [2.05, 4.69) is 10.0 Å². The summed E-state index contributed by atoms with van der Waals surface area (Å²) in [6, 6.07) is 0. The monoisotopic (exact) mass is 467 g/mol. The summed E-state index contributed by atoms with van der Waals surface area (Å²) in [4.78, 5) is 32.8. The van der Waals surface area contributed by atoms with Gasteiger partial charge in [0.1, 0.15) is 31.4 Å². The van der Waals surface area contributed by atoms with Crippen molar-refractivity contribution in [2.45, 2.75) is 65.0 Å². The van der Waals surface area contributed by atoms with E-state index in [0.29, 0.717) is 31.5 Å². The van der Waals surface area contributed by atoms with Gasteiger partial charge in [0.05, 0.1) is 19.8 Å². The number of hydrogen-bond acceptors (Lipinski definition) is 11. The number of carbonyl (C=O) groups is 3. The van der Waals surface area contributed by atoms with Gasteiger partial charge in [0.2, 0.25) is 11.6 Å². The van der Waals surface area contributed by atoms with Gasteiger partial charge in [-0.3, -0.25) is 14.4 Å². The fourth-order valence-corrected chi connectivity index (χ4v) is 1.34. The normalized spacial score (nSPS) is 21.2. The minimum Gasteiger partial charge on any atom is -0.391 e. The van der Waals surface area contributed by atoms with E-state index in [4.69, 9.17) is 30.3 Å². The number of carbonyl (C=O) groups excluding carboxylic acids is 3. The molecule has 1 aliphatic heterocycles. The highest BCUT2D eigenvalue weighted by Gasteiger charge is 2.42. The number of Topliss-reactive ketones (excluding diaryl/α,β-unsaturated/α-hetero) is 3. The highest BCUT2D eigenvalue weighted by Crippen LogP contribution is 2.21. The van der Waals surface area contributed by atoms with Crippen LogP contribution in [-0.4, -0.2) is 94.0 Å². The second kappa shape index (κ2) is 20.9. The third-order valence-electron chi connectivity index (χ3n) is 3.69. The zero-order chi connectivity index (χ0) is 25.6. The zero-order valence-electron chi connectivity index (χ0n) is 19.2. The molecule has 1 heterocycles. The molecule has 0 amide bonds. The lowest BCUT2D eigenvalue weighted by Gasteiger charge is -2.38. The second-order valence-corrected chi connectivity index (χ2v) is 6.36. The molecule has 0 spiro atoms. The van der Waals surface area contributed by atoms with Crippen LogP contribution in [0.5, 0.6) is 0 Å². The molecule has 0 aromatic rings. The number of hydrogen-bond donors (Lipinski definition) is 5. The molecule has 5 N–H and O–H groups in total. The number of azide groups is 1. The summed E-state index contributed by atoms with van der Waals surface area (Å²) in [6.45, 7) is 4.92. The first kappa shape index (κ1) is 34.6. The molecule has 0 saturated carbocycles. The standard InChI is InChI=1S/C6H12O6.C5H10O.C4H7N3O.C4H8O2/c7-1-5(9)3-12-6(10,2-8)4-11-5;1-3-5(6)4-2;1-2-4(8)3-6-7-5;1-2-4(6)3-5/h7-10H,1-4H2;3-4H2,1-2H3;2-3H2,1H3;5H,2-3H2,1H3. The predicted molar refractivity (Wildman–Crippen MR) is 113 cm³/mol. The maximum absolute atomic E-state index is 10.3. The number of aliphatic hydroxyl groups excluding tert-OH is 3. The van der Waals surface area contributed by atoms with E-state index in [1.807, 2.05) is 13.8 Å². The summed E-state index contributed by atoms with van der Waals surface area (Å²) >= 11 is 0. The quantitative estimate of drug-likeness (QED) is 0.173. The Kier molecular flexibility index (Phi) is 22.6. The first-order valence-corrected chi connectivity index (χ1v) is 10.1. The Hall–Kier alpha value is -1.96. The van der Waals surface area contributed by atoms with Crippen molar-refractivity contribution >= 4 is 17.3 Å². The summed E-state index contributed by atoms with van der Waals surface area (Å²) in [7, 11) is 0. The molecular formula is C19H37N3O10. The van der Waals surface area contributed by atoms with Crippen LogP contribution in [0.2, 0.25) is 0 Å². The molecule has 0 aromatic heterocycles. The Morgan fingerprint density at radius 1 is 0.812 bits per heavy atom. The molecule has 1 aliphatic rings. The molecule has 32 heavy (non-hydrogen) atoms. The van der Waals surface area contributed by atoms with Crippen LogP contribution in [0, 0.1) is 0 Å². The summed E-state index contributed by atoms with van der Waals surface area (Å²) in [6.07, 6.45) is 2.27. The first-order chi connectivity index (χ1) is 15.0. The van der Waals surface area contributed by atoms with Gasteiger partial charge < -0.3 is 35.0 Å². The highest BCUT2D eigenvalue weighted by molar-refractivity contribution is 5.80. The molecule has 13 nitrogen and oxygen atoms in total. The van der Waals surface area contributed by atoms with Crippen LogP contribution in [-0.2, 0) is 23.9 Å². The van der Waals surface area contributed by atoms with E-state index >= 15 is 0 Å². The van der Waals surface area contributed by atoms with Crippen LogP contribution in [0.15, 0.2) is 5.11 Å². The molecule has 0 aliphatic carbocycles. The minimum atomic E-state index is -1.76. The Bertz CT molecular complexity index is 526. The smallest absolute Gasteiger partial charge is 0.213 e. The number of ketones is 3. The van der Waals surface area contributed by atoms with Gasteiger partial charge in [-0.25, -0.2) is 0 Å². The summed E-state index contributed by atoms with van der Waals surface area (Å²) in [5.74, 6) is -3.31. The fourth-order valence-electron chi connectivity index (χ4n) is 1.34. The van der Waals surface area contributed by atoms with Gasteiger partial charge in [-0.1, -0.05) is 32.8 Å². The second-order valence-electron chi connectivity index (χ2n) is 6.36. The molecule has 0 radical (unpaired) electrons. The Morgan fingerprint density at radius 2 is 1.19 bits per heavy atom. The van der Waals surface area contributed by atoms with Crippen molar-refractivity contribution in [2.24, 2.45) is 5.11 Å². The van der Waals surface area contributed by atoms with Gasteiger partial charge in [-0.2, -0.15) is 0 Å². The lowest BCUT2D eigenvalue weighted by atomic mass is 10.2. The Balaban J connectivity index is -0.000000370. The molecule has 13 heteroatoms. The third kappa shape index (κ3) is 20.0. The van der Waals surface area contributed by atoms with Crippen molar-refractivity contribution < 1.29 is 49.4 Å². The molecular weight excluding hydrogens is 430 g/mol. The minimum absolute atomic E-state index is 0.00694. The van der Waals surface area contributed by atoms with E-state index in [1.54, 1.807) is 13.8 Å². The van der Waals surface area contributed by atoms with Crippen LogP contribution in [0.25, 0.3) is 10.4 Å². The Labute approximate surface area is 187 Å². The highest BCUT2D eigenvalue weighted by atomic mass is 16.7. The summed E-state index contributed by atoms with van der Waals surface area (Å²) in [5.41, 5.74) is 7.72. The van der Waals surface area contributed by atoms with Crippen molar-refractivity contribution in [3.05, 3.63) is 10.4 Å². The zero-order valence-corrected chi connectivity index (χ0v) is 19.2. The van der Waals surface area contributed by atoms with E-state index in [-0.39, 0.29) is 37.9 Å². The topological polar surface area (TPSA) is 220 Å². The van der Waals surface area contributed by atoms with E-state index in [1.165, 1.54) is 0 Å². The van der Waals surface area contributed by atoms with Crippen molar-refractivity contribution in [2.75, 3.05) is 39.6 Å².